The molecule has 28 heavy (non-hydrogen) atoms. The van der Waals surface area contributed by atoms with Crippen LogP contribution in [0.3, 0.4) is 0 Å². The summed E-state index contributed by atoms with van der Waals surface area (Å²) in [6.45, 7) is 1.46. The van der Waals surface area contributed by atoms with E-state index in [9.17, 15) is 13.2 Å². The molecule has 1 amide bonds. The number of hydrogen-bond acceptors (Lipinski definition) is 5. The summed E-state index contributed by atoms with van der Waals surface area (Å²) in [5.74, 6) is 0.345. The minimum atomic E-state index is -3.80. The van der Waals surface area contributed by atoms with Crippen molar-refractivity contribution in [1.82, 2.24) is 0 Å². The molecule has 2 rings (SSSR count). The molecule has 0 fully saturated rings. The minimum Gasteiger partial charge on any atom is -0.497 e. The summed E-state index contributed by atoms with van der Waals surface area (Å²) in [4.78, 5) is 12.8. The Bertz CT molecular complexity index is 982. The first-order chi connectivity index (χ1) is 13.1. The van der Waals surface area contributed by atoms with Gasteiger partial charge in [-0.2, -0.15) is 0 Å². The molecule has 1 atom stereocenters. The Labute approximate surface area is 174 Å². The van der Waals surface area contributed by atoms with E-state index in [1.165, 1.54) is 39.3 Å². The minimum absolute atomic E-state index is 0.176. The van der Waals surface area contributed by atoms with E-state index in [1.54, 1.807) is 18.2 Å². The SMILES string of the molecule is COc1ccc(OC)c(NC(=O)[C@H](C)N(c2ccc(Cl)c(Cl)c2)S(C)(=O)=O)c1. The molecule has 0 heterocycles. The van der Waals surface area contributed by atoms with Crippen LogP contribution in [0.2, 0.25) is 10.0 Å². The normalized spacial score (nSPS) is 12.2. The maximum Gasteiger partial charge on any atom is 0.248 e. The predicted octanol–water partition coefficient (Wildman–Crippen LogP) is 3.80. The average molecular weight is 447 g/mol. The number of sulfonamides is 1. The lowest BCUT2D eigenvalue weighted by Crippen LogP contribution is -2.45. The molecule has 0 unspecified atom stereocenters. The van der Waals surface area contributed by atoms with Crippen molar-refractivity contribution >= 4 is 50.5 Å². The van der Waals surface area contributed by atoms with Crippen LogP contribution in [0.15, 0.2) is 36.4 Å². The number of nitrogens with one attached hydrogen (secondary N) is 1. The van der Waals surface area contributed by atoms with Crippen LogP contribution >= 0.6 is 23.2 Å². The molecule has 0 bridgehead atoms. The van der Waals surface area contributed by atoms with Crippen molar-refractivity contribution in [3.63, 3.8) is 0 Å². The number of methoxy groups -OCH3 is 2. The third-order valence-corrected chi connectivity index (χ3v) is 5.89. The highest BCUT2D eigenvalue weighted by Crippen LogP contribution is 2.31. The van der Waals surface area contributed by atoms with Gasteiger partial charge in [0, 0.05) is 6.07 Å². The second kappa shape index (κ2) is 8.89. The van der Waals surface area contributed by atoms with Crippen LogP contribution in [-0.4, -0.2) is 40.8 Å². The van der Waals surface area contributed by atoms with Crippen LogP contribution in [0.1, 0.15) is 6.92 Å². The number of halogens is 2. The number of carbonyl (C=O) groups excluding carboxylic acids is 1. The molecule has 2 aromatic rings. The Morgan fingerprint density at radius 3 is 2.29 bits per heavy atom. The highest BCUT2D eigenvalue weighted by atomic mass is 35.5. The summed E-state index contributed by atoms with van der Waals surface area (Å²) in [7, 11) is -0.848. The van der Waals surface area contributed by atoms with Crippen LogP contribution in [0, 0.1) is 0 Å². The zero-order chi connectivity index (χ0) is 21.1. The number of hydrogen-bond donors (Lipinski definition) is 1. The van der Waals surface area contributed by atoms with Crippen molar-refractivity contribution in [2.75, 3.05) is 30.1 Å². The van der Waals surface area contributed by atoms with Crippen molar-refractivity contribution in [2.45, 2.75) is 13.0 Å². The van der Waals surface area contributed by atoms with Gasteiger partial charge in [-0.25, -0.2) is 8.42 Å². The molecule has 10 heteroatoms. The summed E-state index contributed by atoms with van der Waals surface area (Å²) in [6, 6.07) is 8.14. The summed E-state index contributed by atoms with van der Waals surface area (Å²) < 4.78 is 36.1. The second-order valence-corrected chi connectivity index (χ2v) is 8.56. The number of amides is 1. The molecule has 0 aliphatic rings. The van der Waals surface area contributed by atoms with Crippen molar-refractivity contribution in [1.29, 1.82) is 0 Å². The zero-order valence-electron chi connectivity index (χ0n) is 15.7. The first-order valence-electron chi connectivity index (χ1n) is 8.05. The van der Waals surface area contributed by atoms with E-state index in [2.05, 4.69) is 5.32 Å². The van der Waals surface area contributed by atoms with Crippen molar-refractivity contribution in [3.8, 4) is 11.5 Å². The van der Waals surface area contributed by atoms with Gasteiger partial charge in [-0.05, 0) is 37.3 Å². The maximum atomic E-state index is 12.8. The van der Waals surface area contributed by atoms with Crippen LogP contribution < -0.4 is 19.1 Å². The molecule has 1 N–H and O–H groups in total. The Morgan fingerprint density at radius 1 is 1.07 bits per heavy atom. The van der Waals surface area contributed by atoms with Gasteiger partial charge in [-0.3, -0.25) is 9.10 Å². The van der Waals surface area contributed by atoms with Gasteiger partial charge >= 0.3 is 0 Å². The Kier molecular flexibility index (Phi) is 7.03. The largest absolute Gasteiger partial charge is 0.497 e. The summed E-state index contributed by atoms with van der Waals surface area (Å²) in [5, 5.41) is 3.13. The van der Waals surface area contributed by atoms with E-state index in [4.69, 9.17) is 32.7 Å². The lowest BCUT2D eigenvalue weighted by molar-refractivity contribution is -0.116. The van der Waals surface area contributed by atoms with E-state index >= 15 is 0 Å². The molecular weight excluding hydrogens is 427 g/mol. The van der Waals surface area contributed by atoms with Gasteiger partial charge in [-0.15, -0.1) is 0 Å². The fraction of sp³-hybridized carbons (Fsp3) is 0.278. The second-order valence-electron chi connectivity index (χ2n) is 5.89. The molecule has 0 spiro atoms. The number of nitrogens with zero attached hydrogens (tertiary/aromatic N) is 1. The highest BCUT2D eigenvalue weighted by molar-refractivity contribution is 7.92. The monoisotopic (exact) mass is 446 g/mol. The summed E-state index contributed by atoms with van der Waals surface area (Å²) in [5.41, 5.74) is 0.568. The Hall–Kier alpha value is -2.16. The number of rotatable bonds is 7. The molecule has 0 aliphatic carbocycles. The summed E-state index contributed by atoms with van der Waals surface area (Å²) >= 11 is 11.9. The molecule has 0 aliphatic heterocycles. The van der Waals surface area contributed by atoms with Gasteiger partial charge in [0.05, 0.1) is 41.9 Å². The predicted molar refractivity (Wildman–Crippen MR) is 111 cm³/mol. The third-order valence-electron chi connectivity index (χ3n) is 3.91. The van der Waals surface area contributed by atoms with E-state index in [-0.39, 0.29) is 15.7 Å². The van der Waals surface area contributed by atoms with Crippen LogP contribution in [0.4, 0.5) is 11.4 Å². The van der Waals surface area contributed by atoms with Crippen molar-refractivity contribution < 1.29 is 22.7 Å². The van der Waals surface area contributed by atoms with Crippen LogP contribution in [0.5, 0.6) is 11.5 Å². The van der Waals surface area contributed by atoms with Gasteiger partial charge in [-0.1, -0.05) is 23.2 Å². The first kappa shape index (κ1) is 22.1. The lowest BCUT2D eigenvalue weighted by Gasteiger charge is -2.28. The number of carbonyl (C=O) groups is 1. The maximum absolute atomic E-state index is 12.8. The molecule has 0 saturated heterocycles. The Morgan fingerprint density at radius 2 is 1.75 bits per heavy atom. The van der Waals surface area contributed by atoms with Gasteiger partial charge in [0.15, 0.2) is 0 Å². The Balaban J connectivity index is 2.38. The molecule has 2 aromatic carbocycles. The number of anilines is 2. The fourth-order valence-electron chi connectivity index (χ4n) is 2.58. The van der Waals surface area contributed by atoms with Crippen molar-refractivity contribution in [2.24, 2.45) is 0 Å². The van der Waals surface area contributed by atoms with E-state index in [0.29, 0.717) is 17.2 Å². The molecular formula is C18H20Cl2N2O5S. The topological polar surface area (TPSA) is 84.9 Å². The number of benzene rings is 2. The zero-order valence-corrected chi connectivity index (χ0v) is 18.0. The summed E-state index contributed by atoms with van der Waals surface area (Å²) in [6.07, 6.45) is 1.01. The third kappa shape index (κ3) is 5.01. The first-order valence-corrected chi connectivity index (χ1v) is 10.7. The van der Waals surface area contributed by atoms with Gasteiger partial charge in [0.1, 0.15) is 17.5 Å². The smallest absolute Gasteiger partial charge is 0.248 e. The fourth-order valence-corrected chi connectivity index (χ4v) is 4.04. The van der Waals surface area contributed by atoms with Crippen LogP contribution in [0.25, 0.3) is 0 Å². The van der Waals surface area contributed by atoms with Crippen LogP contribution in [-0.2, 0) is 14.8 Å². The molecule has 7 nitrogen and oxygen atoms in total. The molecule has 0 radical (unpaired) electrons. The van der Waals surface area contributed by atoms with Gasteiger partial charge in [0.25, 0.3) is 0 Å². The quantitative estimate of drug-likeness (QED) is 0.698. The molecule has 0 aromatic heterocycles. The highest BCUT2D eigenvalue weighted by Gasteiger charge is 2.30. The molecule has 0 saturated carbocycles. The van der Waals surface area contributed by atoms with E-state index in [0.717, 1.165) is 10.6 Å². The van der Waals surface area contributed by atoms with E-state index in [1.807, 2.05) is 0 Å². The van der Waals surface area contributed by atoms with Crippen molar-refractivity contribution in [3.05, 3.63) is 46.4 Å². The lowest BCUT2D eigenvalue weighted by atomic mass is 10.2. The average Bonchev–Trinajstić information content (AvgIpc) is 2.63. The van der Waals surface area contributed by atoms with Gasteiger partial charge in [0.2, 0.25) is 15.9 Å². The standard InChI is InChI=1S/C18H20Cl2N2O5S/c1-11(18(23)21-16-10-13(26-2)6-8-17(16)27-3)22(28(4,24)25)12-5-7-14(19)15(20)9-12/h5-11H,1-4H3,(H,21,23)/t11-/m0/s1. The molecule has 152 valence electrons. The number of ether oxygens (including phenoxy) is 2. The van der Waals surface area contributed by atoms with Gasteiger partial charge < -0.3 is 14.8 Å². The van der Waals surface area contributed by atoms with E-state index < -0.39 is 22.0 Å².